The fourth-order valence-corrected chi connectivity index (χ4v) is 1.90. The monoisotopic (exact) mass is 270 g/mol. The molecule has 0 saturated carbocycles. The number of nitrogens with zero attached hydrogens (tertiary/aromatic N) is 1. The second-order valence-corrected chi connectivity index (χ2v) is 5.00. The van der Waals surface area contributed by atoms with Crippen molar-refractivity contribution in [2.45, 2.75) is 26.0 Å². The number of rotatable bonds is 6. The first-order chi connectivity index (χ1) is 8.40. The van der Waals surface area contributed by atoms with Gasteiger partial charge in [-0.1, -0.05) is 23.7 Å². The van der Waals surface area contributed by atoms with Crippen LogP contribution in [0, 0.1) is 0 Å². The third-order valence-electron chi connectivity index (χ3n) is 2.73. The van der Waals surface area contributed by atoms with E-state index in [4.69, 9.17) is 17.3 Å². The van der Waals surface area contributed by atoms with Crippen LogP contribution < -0.4 is 5.73 Å². The van der Waals surface area contributed by atoms with Crippen LogP contribution in [0.15, 0.2) is 24.3 Å². The minimum Gasteiger partial charge on any atom is -0.387 e. The third-order valence-corrected chi connectivity index (χ3v) is 2.97. The zero-order valence-corrected chi connectivity index (χ0v) is 11.4. The maximum atomic E-state index is 11.0. The van der Waals surface area contributed by atoms with Gasteiger partial charge in [-0.15, -0.1) is 0 Å². The summed E-state index contributed by atoms with van der Waals surface area (Å²) in [6, 6.07) is 7.19. The number of hydrogen-bond acceptors (Lipinski definition) is 3. The lowest BCUT2D eigenvalue weighted by Crippen LogP contribution is -2.40. The van der Waals surface area contributed by atoms with Gasteiger partial charge in [-0.05, 0) is 31.5 Å². The van der Waals surface area contributed by atoms with Gasteiger partial charge in [0.05, 0.1) is 12.6 Å². The second-order valence-electron chi connectivity index (χ2n) is 4.56. The van der Waals surface area contributed by atoms with Gasteiger partial charge in [0, 0.05) is 17.6 Å². The normalized spacial score (nSPS) is 13.0. The summed E-state index contributed by atoms with van der Waals surface area (Å²) in [6.07, 6.45) is -0.689. The lowest BCUT2D eigenvalue weighted by Gasteiger charge is -2.27. The highest BCUT2D eigenvalue weighted by Gasteiger charge is 2.17. The molecule has 3 N–H and O–H groups in total. The van der Waals surface area contributed by atoms with E-state index in [9.17, 15) is 9.90 Å². The Balaban J connectivity index is 2.71. The van der Waals surface area contributed by atoms with Gasteiger partial charge in [0.25, 0.3) is 0 Å². The van der Waals surface area contributed by atoms with E-state index < -0.39 is 12.0 Å². The number of aliphatic hydroxyl groups excluding tert-OH is 1. The van der Waals surface area contributed by atoms with Gasteiger partial charge in [-0.2, -0.15) is 0 Å². The van der Waals surface area contributed by atoms with E-state index in [1.807, 2.05) is 18.7 Å². The first kappa shape index (κ1) is 15.0. The Hall–Kier alpha value is -1.10. The van der Waals surface area contributed by atoms with Crippen LogP contribution in [-0.2, 0) is 4.79 Å². The standard InChI is InChI=1S/C13H19ClN2O2/c1-9(2)16(8-13(15)18)7-12(17)10-4-3-5-11(14)6-10/h3-6,9,12,17H,7-8H2,1-2H3,(H2,15,18). The number of benzene rings is 1. The zero-order chi connectivity index (χ0) is 13.7. The molecule has 0 bridgehead atoms. The van der Waals surface area contributed by atoms with E-state index in [1.54, 1.807) is 24.3 Å². The summed E-state index contributed by atoms with van der Waals surface area (Å²) in [5.41, 5.74) is 5.92. The van der Waals surface area contributed by atoms with Crippen LogP contribution in [0.5, 0.6) is 0 Å². The van der Waals surface area contributed by atoms with Gasteiger partial charge < -0.3 is 10.8 Å². The Kier molecular flexibility index (Phi) is 5.59. The lowest BCUT2D eigenvalue weighted by atomic mass is 10.1. The van der Waals surface area contributed by atoms with Crippen LogP contribution in [0.1, 0.15) is 25.5 Å². The van der Waals surface area contributed by atoms with E-state index in [2.05, 4.69) is 0 Å². The van der Waals surface area contributed by atoms with Crippen LogP contribution in [0.25, 0.3) is 0 Å². The molecule has 0 radical (unpaired) electrons. The first-order valence-corrected chi connectivity index (χ1v) is 6.24. The number of carbonyl (C=O) groups is 1. The SMILES string of the molecule is CC(C)N(CC(N)=O)CC(O)c1cccc(Cl)c1. The number of carbonyl (C=O) groups excluding carboxylic acids is 1. The third kappa shape index (κ3) is 4.64. The first-order valence-electron chi connectivity index (χ1n) is 5.86. The van der Waals surface area contributed by atoms with Crippen molar-refractivity contribution in [2.75, 3.05) is 13.1 Å². The van der Waals surface area contributed by atoms with E-state index in [0.717, 1.165) is 5.56 Å². The Labute approximate surface area is 112 Å². The molecular weight excluding hydrogens is 252 g/mol. The molecule has 0 aliphatic carbocycles. The van der Waals surface area contributed by atoms with Crippen LogP contribution in [0.2, 0.25) is 5.02 Å². The molecule has 100 valence electrons. The van der Waals surface area contributed by atoms with Gasteiger partial charge in [-0.25, -0.2) is 0 Å². The molecule has 1 rings (SSSR count). The summed E-state index contributed by atoms with van der Waals surface area (Å²) in [5, 5.41) is 10.7. The molecule has 0 spiro atoms. The number of nitrogens with two attached hydrogens (primary N) is 1. The summed E-state index contributed by atoms with van der Waals surface area (Å²) in [6.45, 7) is 4.39. The molecule has 1 aromatic carbocycles. The Bertz CT molecular complexity index is 410. The van der Waals surface area contributed by atoms with Gasteiger partial charge in [0.15, 0.2) is 0 Å². The molecule has 5 heteroatoms. The van der Waals surface area contributed by atoms with Crippen molar-refractivity contribution < 1.29 is 9.90 Å². The van der Waals surface area contributed by atoms with Crippen LogP contribution in [-0.4, -0.2) is 35.0 Å². The smallest absolute Gasteiger partial charge is 0.231 e. The van der Waals surface area contributed by atoms with E-state index in [0.29, 0.717) is 11.6 Å². The molecule has 0 aromatic heterocycles. The molecule has 0 aliphatic heterocycles. The Morgan fingerprint density at radius 1 is 1.50 bits per heavy atom. The van der Waals surface area contributed by atoms with Crippen molar-refractivity contribution in [2.24, 2.45) is 5.73 Å². The highest BCUT2D eigenvalue weighted by molar-refractivity contribution is 6.30. The maximum absolute atomic E-state index is 11.0. The van der Waals surface area contributed by atoms with Gasteiger partial charge in [0.1, 0.15) is 0 Å². The summed E-state index contributed by atoms with van der Waals surface area (Å²) < 4.78 is 0. The molecule has 1 atom stereocenters. The minimum atomic E-state index is -0.689. The largest absolute Gasteiger partial charge is 0.387 e. The summed E-state index contributed by atoms with van der Waals surface area (Å²) in [5.74, 6) is -0.401. The van der Waals surface area contributed by atoms with Crippen LogP contribution in [0.4, 0.5) is 0 Å². The van der Waals surface area contributed by atoms with Crippen LogP contribution in [0.3, 0.4) is 0 Å². The Morgan fingerprint density at radius 2 is 2.17 bits per heavy atom. The average molecular weight is 271 g/mol. The fourth-order valence-electron chi connectivity index (χ4n) is 1.70. The quantitative estimate of drug-likeness (QED) is 0.825. The van der Waals surface area contributed by atoms with E-state index >= 15 is 0 Å². The molecule has 18 heavy (non-hydrogen) atoms. The molecule has 0 heterocycles. The molecule has 0 fully saturated rings. The number of halogens is 1. The molecule has 0 saturated heterocycles. The molecular formula is C13H19ClN2O2. The average Bonchev–Trinajstić information content (AvgIpc) is 2.27. The van der Waals surface area contributed by atoms with Crippen molar-refractivity contribution >= 4 is 17.5 Å². The maximum Gasteiger partial charge on any atom is 0.231 e. The number of amides is 1. The Morgan fingerprint density at radius 3 is 2.67 bits per heavy atom. The molecule has 1 aromatic rings. The topological polar surface area (TPSA) is 66.6 Å². The predicted molar refractivity (Wildman–Crippen MR) is 72.3 cm³/mol. The van der Waals surface area contributed by atoms with Crippen molar-refractivity contribution in [3.8, 4) is 0 Å². The molecule has 1 amide bonds. The summed E-state index contributed by atoms with van der Waals surface area (Å²) >= 11 is 5.87. The van der Waals surface area contributed by atoms with Crippen LogP contribution >= 0.6 is 11.6 Å². The lowest BCUT2D eigenvalue weighted by molar-refractivity contribution is -0.119. The number of hydrogen-bond donors (Lipinski definition) is 2. The van der Waals surface area contributed by atoms with E-state index in [-0.39, 0.29) is 12.6 Å². The fraction of sp³-hybridized carbons (Fsp3) is 0.462. The number of primary amides is 1. The van der Waals surface area contributed by atoms with Gasteiger partial charge in [-0.3, -0.25) is 9.69 Å². The second kappa shape index (κ2) is 6.73. The summed E-state index contributed by atoms with van der Waals surface area (Å²) in [7, 11) is 0. The van der Waals surface area contributed by atoms with Crippen molar-refractivity contribution in [1.29, 1.82) is 0 Å². The van der Waals surface area contributed by atoms with Gasteiger partial charge >= 0.3 is 0 Å². The van der Waals surface area contributed by atoms with Crippen molar-refractivity contribution in [3.05, 3.63) is 34.9 Å². The molecule has 0 aliphatic rings. The highest BCUT2D eigenvalue weighted by Crippen LogP contribution is 2.19. The van der Waals surface area contributed by atoms with E-state index in [1.165, 1.54) is 0 Å². The van der Waals surface area contributed by atoms with Crippen molar-refractivity contribution in [1.82, 2.24) is 4.90 Å². The zero-order valence-electron chi connectivity index (χ0n) is 10.6. The highest BCUT2D eigenvalue weighted by atomic mass is 35.5. The molecule has 1 unspecified atom stereocenters. The van der Waals surface area contributed by atoms with Crippen molar-refractivity contribution in [3.63, 3.8) is 0 Å². The predicted octanol–water partition coefficient (Wildman–Crippen LogP) is 1.57. The minimum absolute atomic E-state index is 0.131. The molecule has 4 nitrogen and oxygen atoms in total. The van der Waals surface area contributed by atoms with Gasteiger partial charge in [0.2, 0.25) is 5.91 Å². The summed E-state index contributed by atoms with van der Waals surface area (Å²) in [4.78, 5) is 12.8. The number of aliphatic hydroxyl groups is 1.